The van der Waals surface area contributed by atoms with Crippen LogP contribution in [0.2, 0.25) is 15.1 Å². The van der Waals surface area contributed by atoms with E-state index in [1.807, 2.05) is 36.4 Å². The number of nitrogens with zero attached hydrogens (tertiary/aromatic N) is 2. The van der Waals surface area contributed by atoms with Crippen molar-refractivity contribution in [2.75, 3.05) is 31.7 Å². The summed E-state index contributed by atoms with van der Waals surface area (Å²) in [5.41, 5.74) is 2.60. The molecule has 0 spiro atoms. The monoisotopic (exact) mass is 510 g/mol. The summed E-state index contributed by atoms with van der Waals surface area (Å²) in [5.74, 6) is -1.71. The molecule has 2 atom stereocenters. The number of hydrogen-bond donors (Lipinski definition) is 0. The predicted molar refractivity (Wildman–Crippen MR) is 130 cm³/mol. The Morgan fingerprint density at radius 3 is 2.27 bits per heavy atom. The van der Waals surface area contributed by atoms with Gasteiger partial charge in [-0.25, -0.2) is 8.78 Å². The van der Waals surface area contributed by atoms with Gasteiger partial charge in [0.15, 0.2) is 11.6 Å². The van der Waals surface area contributed by atoms with Crippen LogP contribution in [-0.4, -0.2) is 37.7 Å². The fraction of sp³-hybridized carbons (Fsp3) is 0.280. The van der Waals surface area contributed by atoms with Gasteiger partial charge in [0.25, 0.3) is 0 Å². The number of piperazine rings is 1. The molecule has 1 aliphatic rings. The van der Waals surface area contributed by atoms with Crippen molar-refractivity contribution in [3.63, 3.8) is 0 Å². The lowest BCUT2D eigenvalue weighted by molar-refractivity contribution is 0.0526. The third kappa shape index (κ3) is 5.44. The number of benzene rings is 3. The quantitative estimate of drug-likeness (QED) is 0.354. The molecule has 1 aliphatic heterocycles. The Bertz CT molecular complexity index is 1110. The van der Waals surface area contributed by atoms with Gasteiger partial charge in [0.05, 0.1) is 18.7 Å². The van der Waals surface area contributed by atoms with Gasteiger partial charge in [-0.05, 0) is 59.7 Å². The molecule has 1 saturated heterocycles. The molecule has 0 radical (unpaired) electrons. The summed E-state index contributed by atoms with van der Waals surface area (Å²) in [6.45, 7) is 2.24. The standard InChI is InChI=1S/C25H23Cl3F2N2O/c1-33-15-24-25(20-8-5-18(27)13-21(20)28)32(19-6-3-17(26)4-7-19)11-10-31(24)14-16-2-9-22(29)23(30)12-16/h2-9,12-13,24-25H,10-11,14-15H2,1H3/t24-,25+/m1/s1. The molecule has 0 bridgehead atoms. The molecule has 1 heterocycles. The zero-order chi connectivity index (χ0) is 23.5. The van der Waals surface area contributed by atoms with Crippen molar-refractivity contribution in [2.24, 2.45) is 0 Å². The van der Waals surface area contributed by atoms with E-state index in [1.165, 1.54) is 6.07 Å². The van der Waals surface area contributed by atoms with Crippen molar-refractivity contribution in [1.29, 1.82) is 0 Å². The number of halogens is 5. The van der Waals surface area contributed by atoms with Crippen molar-refractivity contribution in [1.82, 2.24) is 4.90 Å². The van der Waals surface area contributed by atoms with Crippen molar-refractivity contribution in [3.8, 4) is 0 Å². The molecule has 174 valence electrons. The average molecular weight is 512 g/mol. The average Bonchev–Trinajstić information content (AvgIpc) is 2.78. The first-order chi connectivity index (χ1) is 15.9. The Morgan fingerprint density at radius 2 is 1.61 bits per heavy atom. The number of rotatable bonds is 6. The van der Waals surface area contributed by atoms with Crippen molar-refractivity contribution >= 4 is 40.5 Å². The number of methoxy groups -OCH3 is 1. The minimum Gasteiger partial charge on any atom is -0.383 e. The van der Waals surface area contributed by atoms with Gasteiger partial charge >= 0.3 is 0 Å². The van der Waals surface area contributed by atoms with E-state index in [-0.39, 0.29) is 12.1 Å². The van der Waals surface area contributed by atoms with E-state index in [0.29, 0.717) is 46.9 Å². The van der Waals surface area contributed by atoms with Gasteiger partial charge in [-0.15, -0.1) is 0 Å². The summed E-state index contributed by atoms with van der Waals surface area (Å²) in [6, 6.07) is 16.9. The highest BCUT2D eigenvalue weighted by molar-refractivity contribution is 6.35. The Hall–Kier alpha value is -1.89. The van der Waals surface area contributed by atoms with Gasteiger partial charge in [0.2, 0.25) is 0 Å². The smallest absolute Gasteiger partial charge is 0.159 e. The maximum Gasteiger partial charge on any atom is 0.159 e. The first-order valence-electron chi connectivity index (χ1n) is 10.5. The normalized spacial score (nSPS) is 19.2. The van der Waals surface area contributed by atoms with Crippen LogP contribution in [0.15, 0.2) is 60.7 Å². The first-order valence-corrected chi connectivity index (χ1v) is 11.6. The van der Waals surface area contributed by atoms with E-state index in [0.717, 1.165) is 17.3 Å². The maximum atomic E-state index is 13.9. The van der Waals surface area contributed by atoms with Crippen LogP contribution < -0.4 is 4.90 Å². The zero-order valence-electron chi connectivity index (χ0n) is 17.9. The Morgan fingerprint density at radius 1 is 0.879 bits per heavy atom. The zero-order valence-corrected chi connectivity index (χ0v) is 20.2. The van der Waals surface area contributed by atoms with Crippen LogP contribution in [0, 0.1) is 11.6 Å². The highest BCUT2D eigenvalue weighted by Crippen LogP contribution is 2.40. The van der Waals surface area contributed by atoms with Gasteiger partial charge in [0.1, 0.15) is 0 Å². The lowest BCUT2D eigenvalue weighted by Gasteiger charge is -2.49. The van der Waals surface area contributed by atoms with Crippen LogP contribution in [0.1, 0.15) is 17.2 Å². The van der Waals surface area contributed by atoms with Crippen LogP contribution in [0.5, 0.6) is 0 Å². The molecular formula is C25H23Cl3F2N2O. The summed E-state index contributed by atoms with van der Waals surface area (Å²) in [4.78, 5) is 4.50. The second-order valence-corrected chi connectivity index (χ2v) is 9.30. The summed E-state index contributed by atoms with van der Waals surface area (Å²) in [6.07, 6.45) is 0. The lowest BCUT2D eigenvalue weighted by atomic mass is 9.92. The largest absolute Gasteiger partial charge is 0.383 e. The SMILES string of the molecule is COC[C@@H]1[C@H](c2ccc(Cl)cc2Cl)N(c2ccc(Cl)cc2)CCN1Cc1ccc(F)c(F)c1. The van der Waals surface area contributed by atoms with Crippen LogP contribution in [0.25, 0.3) is 0 Å². The van der Waals surface area contributed by atoms with Crippen molar-refractivity contribution in [2.45, 2.75) is 18.6 Å². The molecule has 0 N–H and O–H groups in total. The topological polar surface area (TPSA) is 15.7 Å². The van der Waals surface area contributed by atoms with Crippen LogP contribution in [0.4, 0.5) is 14.5 Å². The van der Waals surface area contributed by atoms with Crippen LogP contribution in [0.3, 0.4) is 0 Å². The molecule has 1 fully saturated rings. The Labute approximate surface area is 207 Å². The lowest BCUT2D eigenvalue weighted by Crippen LogP contribution is -2.56. The summed E-state index contributed by atoms with van der Waals surface area (Å²) >= 11 is 19.0. The molecule has 0 unspecified atom stereocenters. The molecule has 0 aromatic heterocycles. The van der Waals surface area contributed by atoms with Gasteiger partial charge in [-0.1, -0.05) is 46.9 Å². The molecule has 8 heteroatoms. The predicted octanol–water partition coefficient (Wildman–Crippen LogP) is 7.00. The molecule has 3 nitrogen and oxygen atoms in total. The summed E-state index contributed by atoms with van der Waals surface area (Å²) in [7, 11) is 1.65. The fourth-order valence-electron chi connectivity index (χ4n) is 4.42. The van der Waals surface area contributed by atoms with E-state index < -0.39 is 11.6 Å². The first kappa shape index (κ1) is 24.2. The second-order valence-electron chi connectivity index (χ2n) is 8.02. The van der Waals surface area contributed by atoms with E-state index in [1.54, 1.807) is 19.2 Å². The highest BCUT2D eigenvalue weighted by Gasteiger charge is 2.39. The number of hydrogen-bond acceptors (Lipinski definition) is 3. The third-order valence-corrected chi connectivity index (χ3v) is 6.76. The molecule has 0 amide bonds. The van der Waals surface area contributed by atoms with E-state index in [2.05, 4.69) is 9.80 Å². The summed E-state index contributed by atoms with van der Waals surface area (Å²) in [5, 5.41) is 1.77. The third-order valence-electron chi connectivity index (χ3n) is 5.94. The molecule has 3 aromatic rings. The molecule has 0 saturated carbocycles. The second kappa shape index (κ2) is 10.6. The molecule has 3 aromatic carbocycles. The Balaban J connectivity index is 1.75. The molecule has 4 rings (SSSR count). The van der Waals surface area contributed by atoms with Crippen molar-refractivity contribution < 1.29 is 13.5 Å². The molecule has 33 heavy (non-hydrogen) atoms. The fourth-order valence-corrected chi connectivity index (χ4v) is 5.07. The van der Waals surface area contributed by atoms with Gasteiger partial charge in [0, 0.05) is 47.5 Å². The van der Waals surface area contributed by atoms with Gasteiger partial charge in [-0.2, -0.15) is 0 Å². The van der Waals surface area contributed by atoms with E-state index in [4.69, 9.17) is 39.5 Å². The van der Waals surface area contributed by atoms with Gasteiger partial charge < -0.3 is 9.64 Å². The molecule has 0 aliphatic carbocycles. The van der Waals surface area contributed by atoms with E-state index >= 15 is 0 Å². The minimum atomic E-state index is -0.856. The summed E-state index contributed by atoms with van der Waals surface area (Å²) < 4.78 is 32.9. The highest BCUT2D eigenvalue weighted by atomic mass is 35.5. The number of anilines is 1. The van der Waals surface area contributed by atoms with Crippen LogP contribution >= 0.6 is 34.8 Å². The minimum absolute atomic E-state index is 0.119. The maximum absolute atomic E-state index is 13.9. The van der Waals surface area contributed by atoms with E-state index in [9.17, 15) is 8.78 Å². The van der Waals surface area contributed by atoms with Crippen molar-refractivity contribution in [3.05, 3.63) is 98.5 Å². The van der Waals surface area contributed by atoms with Gasteiger partial charge in [-0.3, -0.25) is 4.90 Å². The number of ether oxygens (including phenoxy) is 1. The molecular weight excluding hydrogens is 489 g/mol. The Kier molecular flexibility index (Phi) is 7.77. The van der Waals surface area contributed by atoms with Crippen LogP contribution in [-0.2, 0) is 11.3 Å².